The summed E-state index contributed by atoms with van der Waals surface area (Å²) in [7, 11) is 0. The summed E-state index contributed by atoms with van der Waals surface area (Å²) in [5.74, 6) is 0. The van der Waals surface area contributed by atoms with Crippen LogP contribution < -0.4 is 5.32 Å². The van der Waals surface area contributed by atoms with Crippen LogP contribution in [-0.4, -0.2) is 15.9 Å². The van der Waals surface area contributed by atoms with Crippen LogP contribution in [0.25, 0.3) is 5.69 Å². The summed E-state index contributed by atoms with van der Waals surface area (Å²) in [5.41, 5.74) is 2.80. The van der Waals surface area contributed by atoms with Gasteiger partial charge in [-0.25, -0.2) is 9.48 Å². The van der Waals surface area contributed by atoms with Gasteiger partial charge in [-0.15, -0.1) is 0 Å². The van der Waals surface area contributed by atoms with Gasteiger partial charge in [0.25, 0.3) is 0 Å². The Morgan fingerprint density at radius 2 is 1.80 bits per heavy atom. The fourth-order valence-corrected chi connectivity index (χ4v) is 2.71. The van der Waals surface area contributed by atoms with Crippen LogP contribution >= 0.6 is 23.2 Å². The summed E-state index contributed by atoms with van der Waals surface area (Å²) in [6, 6.07) is 16.3. The van der Waals surface area contributed by atoms with Gasteiger partial charge in [-0.3, -0.25) is 5.32 Å². The molecule has 0 spiro atoms. The summed E-state index contributed by atoms with van der Waals surface area (Å²) in [4.78, 5) is 11.9. The van der Waals surface area contributed by atoms with Gasteiger partial charge in [0.05, 0.1) is 11.4 Å². The van der Waals surface area contributed by atoms with Gasteiger partial charge in [-0.05, 0) is 43.3 Å². The summed E-state index contributed by atoms with van der Waals surface area (Å²) < 4.78 is 6.87. The van der Waals surface area contributed by atoms with E-state index in [0.29, 0.717) is 27.1 Å². The first-order chi connectivity index (χ1) is 12.0. The molecule has 5 nitrogen and oxygen atoms in total. The maximum absolute atomic E-state index is 11.9. The maximum atomic E-state index is 11.9. The molecule has 2 aromatic carbocycles. The van der Waals surface area contributed by atoms with E-state index in [0.717, 1.165) is 5.69 Å². The number of anilines is 1. The van der Waals surface area contributed by atoms with Crippen molar-refractivity contribution in [3.8, 4) is 5.69 Å². The highest BCUT2D eigenvalue weighted by atomic mass is 35.5. The Kier molecular flexibility index (Phi) is 5.26. The first-order valence-electron chi connectivity index (χ1n) is 7.53. The quantitative estimate of drug-likeness (QED) is 0.678. The largest absolute Gasteiger partial charge is 0.444 e. The van der Waals surface area contributed by atoms with Gasteiger partial charge >= 0.3 is 6.09 Å². The molecule has 1 heterocycles. The predicted molar refractivity (Wildman–Crippen MR) is 98.6 cm³/mol. The van der Waals surface area contributed by atoms with Crippen LogP contribution in [0.2, 0.25) is 10.2 Å². The van der Waals surface area contributed by atoms with Crippen LogP contribution in [0.1, 0.15) is 11.3 Å². The zero-order chi connectivity index (χ0) is 17.8. The van der Waals surface area contributed by atoms with E-state index in [1.807, 2.05) is 37.3 Å². The highest BCUT2D eigenvalue weighted by Gasteiger charge is 2.16. The molecule has 0 saturated carbocycles. The number of hydrogen-bond donors (Lipinski definition) is 1. The molecule has 1 aromatic heterocycles. The fourth-order valence-electron chi connectivity index (χ4n) is 2.26. The Bertz CT molecular complexity index is 877. The Morgan fingerprint density at radius 3 is 2.48 bits per heavy atom. The number of amides is 1. The molecule has 0 aliphatic rings. The van der Waals surface area contributed by atoms with Crippen molar-refractivity contribution in [2.75, 3.05) is 5.32 Å². The molecule has 0 aliphatic heterocycles. The van der Waals surface area contributed by atoms with Crippen LogP contribution in [0.15, 0.2) is 54.6 Å². The summed E-state index contributed by atoms with van der Waals surface area (Å²) in [6.45, 7) is 1.85. The second kappa shape index (κ2) is 7.59. The van der Waals surface area contributed by atoms with Crippen molar-refractivity contribution in [1.82, 2.24) is 9.78 Å². The van der Waals surface area contributed by atoms with Crippen LogP contribution in [0.4, 0.5) is 10.5 Å². The van der Waals surface area contributed by atoms with Crippen molar-refractivity contribution in [3.63, 3.8) is 0 Å². The standard InChI is InChI=1S/C18H15Cl2N3O2/c1-12-16(17(20)23(22-12)15-5-3-2-4-6-15)11-25-18(24)21-14-9-7-13(19)8-10-14/h2-10H,11H2,1H3,(H,21,24). The van der Waals surface area contributed by atoms with Crippen LogP contribution in [0.3, 0.4) is 0 Å². The Morgan fingerprint density at radius 1 is 1.12 bits per heavy atom. The minimum Gasteiger partial charge on any atom is -0.444 e. The van der Waals surface area contributed by atoms with E-state index in [-0.39, 0.29) is 6.61 Å². The van der Waals surface area contributed by atoms with Gasteiger partial charge in [0.2, 0.25) is 0 Å². The molecule has 3 rings (SSSR count). The van der Waals surface area contributed by atoms with Gasteiger partial charge < -0.3 is 4.74 Å². The van der Waals surface area contributed by atoms with E-state index >= 15 is 0 Å². The number of benzene rings is 2. The highest BCUT2D eigenvalue weighted by Crippen LogP contribution is 2.24. The number of ether oxygens (including phenoxy) is 1. The van der Waals surface area contributed by atoms with Crippen molar-refractivity contribution in [2.45, 2.75) is 13.5 Å². The molecule has 0 fully saturated rings. The fraction of sp³-hybridized carbons (Fsp3) is 0.111. The van der Waals surface area contributed by atoms with Crippen molar-refractivity contribution in [2.24, 2.45) is 0 Å². The highest BCUT2D eigenvalue weighted by molar-refractivity contribution is 6.31. The minimum atomic E-state index is -0.578. The van der Waals surface area contributed by atoms with Gasteiger partial charge in [0.1, 0.15) is 11.8 Å². The smallest absolute Gasteiger partial charge is 0.411 e. The molecule has 0 atom stereocenters. The molecule has 25 heavy (non-hydrogen) atoms. The molecule has 0 aliphatic carbocycles. The van der Waals surface area contributed by atoms with Crippen molar-refractivity contribution in [1.29, 1.82) is 0 Å². The molecule has 1 amide bonds. The third-order valence-corrected chi connectivity index (χ3v) is 4.20. The molecule has 0 saturated heterocycles. The summed E-state index contributed by atoms with van der Waals surface area (Å²) in [6.07, 6.45) is -0.578. The first-order valence-corrected chi connectivity index (χ1v) is 8.29. The number of aromatic nitrogens is 2. The monoisotopic (exact) mass is 375 g/mol. The van der Waals surface area contributed by atoms with Gasteiger partial charge in [-0.1, -0.05) is 41.4 Å². The molecule has 0 radical (unpaired) electrons. The average Bonchev–Trinajstić information content (AvgIpc) is 2.90. The number of carbonyl (C=O) groups is 1. The van der Waals surface area contributed by atoms with Crippen LogP contribution in [0.5, 0.6) is 0 Å². The molecule has 0 unspecified atom stereocenters. The zero-order valence-electron chi connectivity index (χ0n) is 13.4. The lowest BCUT2D eigenvalue weighted by Gasteiger charge is -2.07. The molecule has 3 aromatic rings. The minimum absolute atomic E-state index is 0.0247. The van der Waals surface area contributed by atoms with Crippen molar-refractivity contribution in [3.05, 3.63) is 76.0 Å². The number of nitrogens with one attached hydrogen (secondary N) is 1. The average molecular weight is 376 g/mol. The van der Waals surface area contributed by atoms with Gasteiger partial charge in [-0.2, -0.15) is 5.10 Å². The van der Waals surface area contributed by atoms with Gasteiger partial charge in [0, 0.05) is 16.3 Å². The van der Waals surface area contributed by atoms with Crippen molar-refractivity contribution >= 4 is 35.0 Å². The van der Waals surface area contributed by atoms with E-state index in [1.54, 1.807) is 28.9 Å². The van der Waals surface area contributed by atoms with E-state index < -0.39 is 6.09 Å². The molecule has 1 N–H and O–H groups in total. The number of aryl methyl sites for hydroxylation is 1. The normalized spacial score (nSPS) is 10.5. The number of para-hydroxylation sites is 1. The molecule has 7 heteroatoms. The number of rotatable bonds is 4. The number of halogens is 2. The molecule has 128 valence electrons. The van der Waals surface area contributed by atoms with E-state index in [4.69, 9.17) is 27.9 Å². The summed E-state index contributed by atoms with van der Waals surface area (Å²) in [5, 5.41) is 8.05. The molecular formula is C18H15Cl2N3O2. The summed E-state index contributed by atoms with van der Waals surface area (Å²) >= 11 is 12.2. The van der Waals surface area contributed by atoms with Gasteiger partial charge in [0.15, 0.2) is 0 Å². The van der Waals surface area contributed by atoms with Crippen LogP contribution in [-0.2, 0) is 11.3 Å². The van der Waals surface area contributed by atoms with Crippen molar-refractivity contribution < 1.29 is 9.53 Å². The Hall–Kier alpha value is -2.50. The lowest BCUT2D eigenvalue weighted by molar-refractivity contribution is 0.155. The third kappa shape index (κ3) is 4.13. The third-order valence-electron chi connectivity index (χ3n) is 3.56. The van der Waals surface area contributed by atoms with E-state index in [2.05, 4.69) is 10.4 Å². The first kappa shape index (κ1) is 17.3. The molecule has 0 bridgehead atoms. The Balaban J connectivity index is 1.68. The predicted octanol–water partition coefficient (Wildman–Crippen LogP) is 5.24. The lowest BCUT2D eigenvalue weighted by Crippen LogP contribution is -2.13. The second-order valence-corrected chi connectivity index (χ2v) is 6.10. The zero-order valence-corrected chi connectivity index (χ0v) is 14.9. The topological polar surface area (TPSA) is 56.2 Å². The van der Waals surface area contributed by atoms with E-state index in [9.17, 15) is 4.79 Å². The number of hydrogen-bond acceptors (Lipinski definition) is 3. The van der Waals surface area contributed by atoms with Crippen LogP contribution in [0, 0.1) is 6.92 Å². The SMILES string of the molecule is Cc1nn(-c2ccccc2)c(Cl)c1COC(=O)Nc1ccc(Cl)cc1. The Labute approximate surface area is 155 Å². The number of carbonyl (C=O) groups excluding carboxylic acids is 1. The number of nitrogens with zero attached hydrogens (tertiary/aromatic N) is 2. The maximum Gasteiger partial charge on any atom is 0.411 e. The molecular weight excluding hydrogens is 361 g/mol. The lowest BCUT2D eigenvalue weighted by atomic mass is 10.3. The second-order valence-electron chi connectivity index (χ2n) is 5.31. The van der Waals surface area contributed by atoms with E-state index in [1.165, 1.54) is 0 Å².